The summed E-state index contributed by atoms with van der Waals surface area (Å²) in [6.45, 7) is 0. The zero-order valence-corrected chi connectivity index (χ0v) is 11.2. The first kappa shape index (κ1) is 13.1. The third kappa shape index (κ3) is 3.59. The Morgan fingerprint density at radius 2 is 2.00 bits per heavy atom. The largest absolute Gasteiger partial charge is 0.496 e. The van der Waals surface area contributed by atoms with E-state index in [-0.39, 0.29) is 0 Å². The van der Waals surface area contributed by atoms with Crippen molar-refractivity contribution in [3.63, 3.8) is 0 Å². The molecule has 0 atom stereocenters. The molecule has 0 spiro atoms. The molecule has 1 fully saturated rings. The standard InChI is InChI=1S/C16H22O2/c1-18-16-9-5-4-8-14(16)12-15(17)11-10-13-6-2-3-7-13/h4-5,8-9,13H,2-3,6-7,10-12H2,1H3. The van der Waals surface area contributed by atoms with Gasteiger partial charge >= 0.3 is 0 Å². The summed E-state index contributed by atoms with van der Waals surface area (Å²) in [6.07, 6.45) is 7.66. The van der Waals surface area contributed by atoms with Gasteiger partial charge < -0.3 is 4.74 Å². The number of ether oxygens (including phenoxy) is 1. The Hall–Kier alpha value is -1.31. The molecule has 2 nitrogen and oxygen atoms in total. The van der Waals surface area contributed by atoms with E-state index >= 15 is 0 Å². The van der Waals surface area contributed by atoms with Gasteiger partial charge in [0.2, 0.25) is 0 Å². The molecule has 0 heterocycles. The summed E-state index contributed by atoms with van der Waals surface area (Å²) in [4.78, 5) is 12.0. The number of ketones is 1. The summed E-state index contributed by atoms with van der Waals surface area (Å²) < 4.78 is 5.27. The van der Waals surface area contributed by atoms with Crippen LogP contribution in [0.5, 0.6) is 5.75 Å². The molecule has 1 aromatic rings. The number of para-hydroxylation sites is 1. The van der Waals surface area contributed by atoms with E-state index in [1.54, 1.807) is 7.11 Å². The molecule has 1 aliphatic rings. The van der Waals surface area contributed by atoms with E-state index in [1.165, 1.54) is 25.7 Å². The van der Waals surface area contributed by atoms with Crippen molar-refractivity contribution >= 4 is 5.78 Å². The molecular formula is C16H22O2. The van der Waals surface area contributed by atoms with Gasteiger partial charge in [0.15, 0.2) is 0 Å². The molecule has 2 rings (SSSR count). The Labute approximate surface area is 109 Å². The molecule has 18 heavy (non-hydrogen) atoms. The van der Waals surface area contributed by atoms with Crippen molar-refractivity contribution in [3.05, 3.63) is 29.8 Å². The molecule has 0 unspecified atom stereocenters. The van der Waals surface area contributed by atoms with Gasteiger partial charge in [-0.15, -0.1) is 0 Å². The molecule has 0 aromatic heterocycles. The smallest absolute Gasteiger partial charge is 0.137 e. The van der Waals surface area contributed by atoms with Crippen LogP contribution in [0.1, 0.15) is 44.1 Å². The fraction of sp³-hybridized carbons (Fsp3) is 0.562. The minimum atomic E-state index is 0.339. The Bertz CT molecular complexity index is 392. The minimum Gasteiger partial charge on any atom is -0.496 e. The monoisotopic (exact) mass is 246 g/mol. The lowest BCUT2D eigenvalue weighted by molar-refractivity contribution is -0.118. The maximum atomic E-state index is 12.0. The van der Waals surface area contributed by atoms with Crippen molar-refractivity contribution in [3.8, 4) is 5.75 Å². The molecule has 1 aromatic carbocycles. The van der Waals surface area contributed by atoms with Crippen molar-refractivity contribution in [2.24, 2.45) is 5.92 Å². The third-order valence-electron chi connectivity index (χ3n) is 3.89. The molecular weight excluding hydrogens is 224 g/mol. The van der Waals surface area contributed by atoms with Crippen molar-refractivity contribution < 1.29 is 9.53 Å². The third-order valence-corrected chi connectivity index (χ3v) is 3.89. The van der Waals surface area contributed by atoms with Crippen molar-refractivity contribution in [1.29, 1.82) is 0 Å². The van der Waals surface area contributed by atoms with E-state index in [0.29, 0.717) is 12.2 Å². The highest BCUT2D eigenvalue weighted by Gasteiger charge is 2.16. The molecule has 0 amide bonds. The fourth-order valence-corrected chi connectivity index (χ4v) is 2.81. The van der Waals surface area contributed by atoms with Crippen LogP contribution >= 0.6 is 0 Å². The summed E-state index contributed by atoms with van der Waals surface area (Å²) >= 11 is 0. The summed E-state index contributed by atoms with van der Waals surface area (Å²) in [5.74, 6) is 1.96. The van der Waals surface area contributed by atoms with Crippen LogP contribution in [0.3, 0.4) is 0 Å². The lowest BCUT2D eigenvalue weighted by atomic mass is 9.97. The Balaban J connectivity index is 1.82. The average Bonchev–Trinajstić information content (AvgIpc) is 2.90. The molecule has 0 N–H and O–H groups in total. The van der Waals surface area contributed by atoms with Gasteiger partial charge in [0, 0.05) is 18.4 Å². The van der Waals surface area contributed by atoms with Gasteiger partial charge in [-0.1, -0.05) is 43.9 Å². The van der Waals surface area contributed by atoms with E-state index in [0.717, 1.165) is 30.1 Å². The van der Waals surface area contributed by atoms with Gasteiger partial charge in [0.1, 0.15) is 11.5 Å². The van der Waals surface area contributed by atoms with Gasteiger partial charge in [0.25, 0.3) is 0 Å². The first-order chi connectivity index (χ1) is 8.79. The van der Waals surface area contributed by atoms with Crippen molar-refractivity contribution in [2.75, 3.05) is 7.11 Å². The SMILES string of the molecule is COc1ccccc1CC(=O)CCC1CCCC1. The topological polar surface area (TPSA) is 26.3 Å². The van der Waals surface area contributed by atoms with E-state index in [2.05, 4.69) is 0 Å². The second-order valence-corrected chi connectivity index (χ2v) is 5.22. The van der Waals surface area contributed by atoms with E-state index < -0.39 is 0 Å². The van der Waals surface area contributed by atoms with Crippen LogP contribution in [0.2, 0.25) is 0 Å². The highest BCUT2D eigenvalue weighted by Crippen LogP contribution is 2.29. The number of hydrogen-bond donors (Lipinski definition) is 0. The number of carbonyl (C=O) groups excluding carboxylic acids is 1. The Morgan fingerprint density at radius 1 is 1.28 bits per heavy atom. The summed E-state index contributed by atoms with van der Waals surface area (Å²) in [5, 5.41) is 0. The predicted molar refractivity (Wildman–Crippen MR) is 72.9 cm³/mol. The number of hydrogen-bond acceptors (Lipinski definition) is 2. The van der Waals surface area contributed by atoms with Crippen LogP contribution in [-0.2, 0) is 11.2 Å². The summed E-state index contributed by atoms with van der Waals surface area (Å²) in [5.41, 5.74) is 1.01. The first-order valence-corrected chi connectivity index (χ1v) is 6.93. The quantitative estimate of drug-likeness (QED) is 0.763. The van der Waals surface area contributed by atoms with E-state index in [1.807, 2.05) is 24.3 Å². The number of benzene rings is 1. The van der Waals surface area contributed by atoms with Crippen molar-refractivity contribution in [2.45, 2.75) is 44.9 Å². The summed E-state index contributed by atoms with van der Waals surface area (Å²) in [6, 6.07) is 7.79. The predicted octanol–water partition coefficient (Wildman–Crippen LogP) is 3.78. The summed E-state index contributed by atoms with van der Waals surface area (Å²) in [7, 11) is 1.65. The van der Waals surface area contributed by atoms with Crippen LogP contribution in [-0.4, -0.2) is 12.9 Å². The molecule has 2 heteroatoms. The average molecular weight is 246 g/mol. The normalized spacial score (nSPS) is 15.8. The van der Waals surface area contributed by atoms with Crippen molar-refractivity contribution in [1.82, 2.24) is 0 Å². The maximum absolute atomic E-state index is 12.0. The minimum absolute atomic E-state index is 0.339. The zero-order valence-electron chi connectivity index (χ0n) is 11.2. The van der Waals surface area contributed by atoms with E-state index in [9.17, 15) is 4.79 Å². The number of methoxy groups -OCH3 is 1. The Morgan fingerprint density at radius 3 is 2.72 bits per heavy atom. The zero-order chi connectivity index (χ0) is 12.8. The number of Topliss-reactive ketones (excluding diaryl/α,β-unsaturated/α-hetero) is 1. The molecule has 1 aliphatic carbocycles. The lowest BCUT2D eigenvalue weighted by Crippen LogP contribution is -2.06. The highest BCUT2D eigenvalue weighted by molar-refractivity contribution is 5.81. The van der Waals surface area contributed by atoms with Crippen LogP contribution < -0.4 is 4.74 Å². The second kappa shape index (κ2) is 6.58. The molecule has 98 valence electrons. The molecule has 0 saturated heterocycles. The first-order valence-electron chi connectivity index (χ1n) is 6.93. The molecule has 1 saturated carbocycles. The lowest BCUT2D eigenvalue weighted by Gasteiger charge is -2.09. The van der Waals surface area contributed by atoms with Crippen LogP contribution in [0.15, 0.2) is 24.3 Å². The van der Waals surface area contributed by atoms with Gasteiger partial charge in [-0.2, -0.15) is 0 Å². The second-order valence-electron chi connectivity index (χ2n) is 5.22. The van der Waals surface area contributed by atoms with Gasteiger partial charge in [-0.25, -0.2) is 0 Å². The van der Waals surface area contributed by atoms with Gasteiger partial charge in [-0.3, -0.25) is 4.79 Å². The number of carbonyl (C=O) groups is 1. The molecule has 0 radical (unpaired) electrons. The van der Waals surface area contributed by atoms with Crippen LogP contribution in [0.4, 0.5) is 0 Å². The van der Waals surface area contributed by atoms with E-state index in [4.69, 9.17) is 4.74 Å². The number of rotatable bonds is 6. The van der Waals surface area contributed by atoms with Gasteiger partial charge in [0.05, 0.1) is 7.11 Å². The fourth-order valence-electron chi connectivity index (χ4n) is 2.81. The van der Waals surface area contributed by atoms with Gasteiger partial charge in [-0.05, 0) is 18.4 Å². The van der Waals surface area contributed by atoms with Crippen LogP contribution in [0.25, 0.3) is 0 Å². The molecule has 0 aliphatic heterocycles. The molecule has 0 bridgehead atoms. The highest BCUT2D eigenvalue weighted by atomic mass is 16.5. The maximum Gasteiger partial charge on any atom is 0.137 e. The van der Waals surface area contributed by atoms with Crippen LogP contribution in [0, 0.1) is 5.92 Å². The Kier molecular flexibility index (Phi) is 4.80.